The number of aromatic nitrogens is 1. The van der Waals surface area contributed by atoms with Crippen molar-refractivity contribution in [3.05, 3.63) is 59.7 Å². The van der Waals surface area contributed by atoms with Crippen LogP contribution in [0.4, 0.5) is 0 Å². The van der Waals surface area contributed by atoms with Gasteiger partial charge in [0.1, 0.15) is 0 Å². The number of hydrogen-bond acceptors (Lipinski definition) is 1. The van der Waals surface area contributed by atoms with Crippen molar-refractivity contribution in [1.29, 1.82) is 0 Å². The van der Waals surface area contributed by atoms with Gasteiger partial charge < -0.3 is 10.7 Å². The van der Waals surface area contributed by atoms with Crippen LogP contribution < -0.4 is 5.73 Å². The Morgan fingerprint density at radius 1 is 0.955 bits per heavy atom. The molecule has 0 saturated heterocycles. The van der Waals surface area contributed by atoms with Crippen LogP contribution in [0.5, 0.6) is 0 Å². The zero-order valence-corrected chi connectivity index (χ0v) is 13.2. The largest absolute Gasteiger partial charge is 0.354 e. The molecule has 1 heterocycles. The maximum Gasteiger partial charge on any atom is 0.0497 e. The lowest BCUT2D eigenvalue weighted by Crippen LogP contribution is -1.99. The number of unbranched alkanes of at least 4 members (excludes halogenated alkanes) is 1. The molecule has 0 bridgehead atoms. The summed E-state index contributed by atoms with van der Waals surface area (Å²) in [5.41, 5.74) is 12.3. The summed E-state index contributed by atoms with van der Waals surface area (Å²) in [5, 5.41) is 1.37. The molecule has 0 fully saturated rings. The summed E-state index contributed by atoms with van der Waals surface area (Å²) in [6.45, 7) is 2.98. The fourth-order valence-electron chi connectivity index (χ4n) is 3.19. The summed E-state index contributed by atoms with van der Waals surface area (Å²) in [4.78, 5) is 3.70. The van der Waals surface area contributed by atoms with Gasteiger partial charge in [-0.15, -0.1) is 0 Å². The third-order valence-corrected chi connectivity index (χ3v) is 4.35. The van der Waals surface area contributed by atoms with Crippen molar-refractivity contribution in [3.63, 3.8) is 0 Å². The molecule has 0 unspecified atom stereocenters. The molecular formula is C20H24N2. The summed E-state index contributed by atoms with van der Waals surface area (Å²) in [6.07, 6.45) is 4.34. The van der Waals surface area contributed by atoms with Crippen molar-refractivity contribution in [2.75, 3.05) is 6.54 Å². The fourth-order valence-corrected chi connectivity index (χ4v) is 3.19. The van der Waals surface area contributed by atoms with Crippen molar-refractivity contribution in [2.45, 2.75) is 32.6 Å². The van der Waals surface area contributed by atoms with Gasteiger partial charge >= 0.3 is 0 Å². The van der Waals surface area contributed by atoms with Crippen LogP contribution in [0, 0.1) is 0 Å². The topological polar surface area (TPSA) is 41.8 Å². The van der Waals surface area contributed by atoms with Gasteiger partial charge in [0.25, 0.3) is 0 Å². The number of aromatic amines is 1. The molecule has 2 nitrogen and oxygen atoms in total. The molecule has 0 aliphatic carbocycles. The number of fused-ring (bicyclic) bond motifs is 1. The van der Waals surface area contributed by atoms with Crippen molar-refractivity contribution in [2.24, 2.45) is 5.73 Å². The molecule has 0 aliphatic rings. The van der Waals surface area contributed by atoms with Gasteiger partial charge in [-0.1, -0.05) is 55.5 Å². The van der Waals surface area contributed by atoms with Crippen LogP contribution in [0.1, 0.15) is 30.9 Å². The standard InChI is InChI=1S/C20H24N2/c1-2-15-11-8-13-18-17(12-6-7-14-21)20(22-19(15)18)16-9-4-3-5-10-16/h3-5,8-11,13,22H,2,6-7,12,14,21H2,1H3. The molecule has 3 aromatic rings. The predicted octanol–water partition coefficient (Wildman–Crippen LogP) is 4.68. The first kappa shape index (κ1) is 14.9. The Labute approximate surface area is 132 Å². The van der Waals surface area contributed by atoms with Gasteiger partial charge in [0.05, 0.1) is 0 Å². The minimum Gasteiger partial charge on any atom is -0.354 e. The predicted molar refractivity (Wildman–Crippen MR) is 95.1 cm³/mol. The monoisotopic (exact) mass is 292 g/mol. The average Bonchev–Trinajstić information content (AvgIpc) is 2.95. The Hall–Kier alpha value is -2.06. The molecule has 3 N–H and O–H groups in total. The van der Waals surface area contributed by atoms with E-state index in [1.807, 2.05) is 0 Å². The van der Waals surface area contributed by atoms with E-state index in [0.717, 1.165) is 32.2 Å². The molecule has 22 heavy (non-hydrogen) atoms. The highest BCUT2D eigenvalue weighted by Crippen LogP contribution is 2.33. The van der Waals surface area contributed by atoms with Crippen molar-refractivity contribution < 1.29 is 0 Å². The summed E-state index contributed by atoms with van der Waals surface area (Å²) >= 11 is 0. The third kappa shape index (κ3) is 2.79. The molecule has 3 rings (SSSR count). The number of para-hydroxylation sites is 1. The van der Waals surface area contributed by atoms with Gasteiger partial charge in [-0.25, -0.2) is 0 Å². The molecule has 114 valence electrons. The highest BCUT2D eigenvalue weighted by atomic mass is 14.7. The number of rotatable bonds is 6. The Morgan fingerprint density at radius 2 is 1.77 bits per heavy atom. The SMILES string of the molecule is CCc1cccc2c(CCCCN)c(-c3ccccc3)[nH]c12. The van der Waals surface area contributed by atoms with Gasteiger partial charge in [0.2, 0.25) is 0 Å². The zero-order valence-electron chi connectivity index (χ0n) is 13.2. The minimum atomic E-state index is 0.767. The average molecular weight is 292 g/mol. The zero-order chi connectivity index (χ0) is 15.4. The molecule has 1 aromatic heterocycles. The Kier molecular flexibility index (Phi) is 4.59. The van der Waals surface area contributed by atoms with Crippen LogP contribution in [-0.2, 0) is 12.8 Å². The third-order valence-electron chi connectivity index (χ3n) is 4.35. The lowest BCUT2D eigenvalue weighted by Gasteiger charge is -2.05. The second-order valence-electron chi connectivity index (χ2n) is 5.78. The van der Waals surface area contributed by atoms with E-state index >= 15 is 0 Å². The molecular weight excluding hydrogens is 268 g/mol. The molecule has 0 aliphatic heterocycles. The van der Waals surface area contributed by atoms with Gasteiger partial charge in [0.15, 0.2) is 0 Å². The number of benzene rings is 2. The molecule has 0 amide bonds. The summed E-state index contributed by atoms with van der Waals surface area (Å²) in [5.74, 6) is 0. The van der Waals surface area contributed by atoms with E-state index in [4.69, 9.17) is 5.73 Å². The van der Waals surface area contributed by atoms with Crippen LogP contribution >= 0.6 is 0 Å². The van der Waals surface area contributed by atoms with E-state index in [1.54, 1.807) is 0 Å². The first-order chi connectivity index (χ1) is 10.8. The van der Waals surface area contributed by atoms with E-state index in [-0.39, 0.29) is 0 Å². The van der Waals surface area contributed by atoms with Crippen molar-refractivity contribution in [1.82, 2.24) is 4.98 Å². The summed E-state index contributed by atoms with van der Waals surface area (Å²) in [6, 6.07) is 17.3. The molecule has 2 aromatic carbocycles. The lowest BCUT2D eigenvalue weighted by atomic mass is 9.99. The quantitative estimate of drug-likeness (QED) is 0.636. The van der Waals surface area contributed by atoms with Crippen LogP contribution in [0.15, 0.2) is 48.5 Å². The number of hydrogen-bond donors (Lipinski definition) is 2. The van der Waals surface area contributed by atoms with Gasteiger partial charge in [-0.2, -0.15) is 0 Å². The highest BCUT2D eigenvalue weighted by molar-refractivity contribution is 5.92. The molecule has 0 radical (unpaired) electrons. The van der Waals surface area contributed by atoms with Crippen molar-refractivity contribution in [3.8, 4) is 11.3 Å². The van der Waals surface area contributed by atoms with Gasteiger partial charge in [-0.05, 0) is 48.9 Å². The minimum absolute atomic E-state index is 0.767. The van der Waals surface area contributed by atoms with Gasteiger partial charge in [0, 0.05) is 16.6 Å². The van der Waals surface area contributed by atoms with Crippen molar-refractivity contribution >= 4 is 10.9 Å². The number of nitrogens with two attached hydrogens (primary N) is 1. The van der Waals surface area contributed by atoms with E-state index in [0.29, 0.717) is 0 Å². The molecule has 2 heteroatoms. The fraction of sp³-hybridized carbons (Fsp3) is 0.300. The molecule has 0 atom stereocenters. The van der Waals surface area contributed by atoms with Crippen LogP contribution in [0.3, 0.4) is 0 Å². The first-order valence-electron chi connectivity index (χ1n) is 8.23. The highest BCUT2D eigenvalue weighted by Gasteiger charge is 2.14. The second kappa shape index (κ2) is 6.80. The maximum atomic E-state index is 5.67. The normalized spacial score (nSPS) is 11.2. The van der Waals surface area contributed by atoms with E-state index < -0.39 is 0 Å². The van der Waals surface area contributed by atoms with Crippen LogP contribution in [0.2, 0.25) is 0 Å². The maximum absolute atomic E-state index is 5.67. The van der Waals surface area contributed by atoms with Crippen LogP contribution in [-0.4, -0.2) is 11.5 Å². The summed E-state index contributed by atoms with van der Waals surface area (Å²) in [7, 11) is 0. The Bertz CT molecular complexity index is 741. The first-order valence-corrected chi connectivity index (χ1v) is 8.23. The molecule has 0 saturated carbocycles. The van der Waals surface area contributed by atoms with Crippen LogP contribution in [0.25, 0.3) is 22.2 Å². The van der Waals surface area contributed by atoms with E-state index in [1.165, 1.54) is 33.3 Å². The Morgan fingerprint density at radius 3 is 2.50 bits per heavy atom. The number of nitrogens with one attached hydrogen (secondary N) is 1. The van der Waals surface area contributed by atoms with E-state index in [9.17, 15) is 0 Å². The number of aryl methyl sites for hydroxylation is 2. The van der Waals surface area contributed by atoms with E-state index in [2.05, 4.69) is 60.4 Å². The lowest BCUT2D eigenvalue weighted by molar-refractivity contribution is 0.748. The van der Waals surface area contributed by atoms with Gasteiger partial charge in [-0.3, -0.25) is 0 Å². The molecule has 0 spiro atoms. The second-order valence-corrected chi connectivity index (χ2v) is 5.78. The smallest absolute Gasteiger partial charge is 0.0497 e. The number of H-pyrrole nitrogens is 1. The Balaban J connectivity index is 2.14. The summed E-state index contributed by atoms with van der Waals surface area (Å²) < 4.78 is 0.